The summed E-state index contributed by atoms with van der Waals surface area (Å²) < 4.78 is 45.7. The Morgan fingerprint density at radius 3 is 2.81 bits per heavy atom. The molecule has 4 aromatic heterocycles. The molecule has 1 atom stereocenters. The van der Waals surface area contributed by atoms with Gasteiger partial charge in [-0.15, -0.1) is 5.10 Å². The minimum atomic E-state index is -4.40. The summed E-state index contributed by atoms with van der Waals surface area (Å²) in [7, 11) is 0. The van der Waals surface area contributed by atoms with E-state index >= 15 is 0 Å². The summed E-state index contributed by atoms with van der Waals surface area (Å²) in [5, 5.41) is 6.29. The molecular weight excluding hydrogens is 423 g/mol. The van der Waals surface area contributed by atoms with Crippen LogP contribution in [0.25, 0.3) is 27.8 Å². The van der Waals surface area contributed by atoms with Crippen LogP contribution in [0.15, 0.2) is 36.8 Å². The van der Waals surface area contributed by atoms with Crippen molar-refractivity contribution in [3.05, 3.63) is 42.5 Å². The Kier molecular flexibility index (Phi) is 4.85. The maximum absolute atomic E-state index is 13.1. The van der Waals surface area contributed by atoms with E-state index in [0.717, 1.165) is 22.9 Å². The summed E-state index contributed by atoms with van der Waals surface area (Å²) >= 11 is 0. The lowest BCUT2D eigenvalue weighted by atomic mass is 10.1. The number of nitrogen functional groups attached to an aromatic ring is 1. The summed E-state index contributed by atoms with van der Waals surface area (Å²) in [6, 6.07) is 5.24. The number of anilines is 2. The van der Waals surface area contributed by atoms with Gasteiger partial charge in [0, 0.05) is 41.0 Å². The second kappa shape index (κ2) is 7.59. The lowest BCUT2D eigenvalue weighted by molar-refractivity contribution is -0.221. The van der Waals surface area contributed by atoms with Gasteiger partial charge in [0.1, 0.15) is 5.82 Å². The number of nitrogens with two attached hydrogens (primary N) is 1. The van der Waals surface area contributed by atoms with Crippen molar-refractivity contribution in [3.63, 3.8) is 0 Å². The Bertz CT molecular complexity index is 1300. The Labute approximate surface area is 180 Å². The molecule has 1 aliphatic heterocycles. The zero-order valence-corrected chi connectivity index (χ0v) is 17.2. The fraction of sp³-hybridized carbons (Fsp3) is 0.333. The third-order valence-electron chi connectivity index (χ3n) is 5.56. The van der Waals surface area contributed by atoms with Gasteiger partial charge in [-0.25, -0.2) is 14.5 Å². The number of ether oxygens (including phenoxy) is 1. The first kappa shape index (κ1) is 20.4. The smallest absolute Gasteiger partial charge is 0.384 e. The summed E-state index contributed by atoms with van der Waals surface area (Å²) in [4.78, 5) is 14.9. The molecule has 0 aromatic carbocycles. The molecule has 2 N–H and O–H groups in total. The number of morpholine rings is 1. The highest BCUT2D eigenvalue weighted by Crippen LogP contribution is 2.30. The maximum Gasteiger partial charge on any atom is 0.416 e. The third kappa shape index (κ3) is 3.58. The minimum Gasteiger partial charge on any atom is -0.384 e. The van der Waals surface area contributed by atoms with Gasteiger partial charge in [-0.2, -0.15) is 13.2 Å². The largest absolute Gasteiger partial charge is 0.416 e. The molecule has 0 amide bonds. The topological polar surface area (TPSA) is 94.5 Å². The lowest BCUT2D eigenvalue weighted by Gasteiger charge is -2.35. The molecule has 0 aliphatic carbocycles. The van der Waals surface area contributed by atoms with E-state index in [-0.39, 0.29) is 13.2 Å². The summed E-state index contributed by atoms with van der Waals surface area (Å²) in [5.41, 5.74) is 8.70. The van der Waals surface area contributed by atoms with Crippen LogP contribution in [0.3, 0.4) is 0 Å². The van der Waals surface area contributed by atoms with Gasteiger partial charge in [0.25, 0.3) is 0 Å². The quantitative estimate of drug-likeness (QED) is 0.519. The predicted octanol–water partition coefficient (Wildman–Crippen LogP) is 3.25. The van der Waals surface area contributed by atoms with Crippen molar-refractivity contribution in [2.75, 3.05) is 30.3 Å². The molecular formula is C21H20F3N7O. The molecule has 0 unspecified atom stereocenters. The SMILES string of the molecule is CCc1ncc(-c2nc3ccc(N4CCO[C@H](C(F)(F)F)C4)cn3n2)c2cc(N)ncc12. The number of hydrogen-bond acceptors (Lipinski definition) is 7. The van der Waals surface area contributed by atoms with Gasteiger partial charge in [-0.1, -0.05) is 6.92 Å². The number of fused-ring (bicyclic) bond motifs is 2. The van der Waals surface area contributed by atoms with E-state index < -0.39 is 12.3 Å². The van der Waals surface area contributed by atoms with Crippen LogP contribution in [-0.4, -0.2) is 56.5 Å². The van der Waals surface area contributed by atoms with Crippen molar-refractivity contribution in [2.24, 2.45) is 0 Å². The second-order valence-corrected chi connectivity index (χ2v) is 7.60. The molecule has 11 heteroatoms. The zero-order chi connectivity index (χ0) is 22.5. The molecule has 8 nitrogen and oxygen atoms in total. The highest BCUT2D eigenvalue weighted by atomic mass is 19.4. The van der Waals surface area contributed by atoms with Gasteiger partial charge in [0.2, 0.25) is 0 Å². The van der Waals surface area contributed by atoms with Crippen LogP contribution in [0.5, 0.6) is 0 Å². The van der Waals surface area contributed by atoms with Gasteiger partial charge in [0.15, 0.2) is 17.6 Å². The molecule has 166 valence electrons. The Hall–Kier alpha value is -3.47. The number of halogens is 3. The molecule has 4 aromatic rings. The van der Waals surface area contributed by atoms with Crippen molar-refractivity contribution in [3.8, 4) is 11.4 Å². The van der Waals surface area contributed by atoms with Crippen LogP contribution >= 0.6 is 0 Å². The number of aryl methyl sites for hydroxylation is 1. The standard InChI is InChI=1S/C21H20F3N7O/c1-2-16-14-8-27-18(25)7-13(14)15(9-26-16)20-28-19-4-3-12(10-31(19)29-20)30-5-6-32-17(11-30)21(22,23)24/h3-4,7-10,17H,2,5-6,11H2,1H3,(H2,25,27)/t17-/m0/s1. The first-order valence-corrected chi connectivity index (χ1v) is 10.2. The minimum absolute atomic E-state index is 0.00170. The number of aromatic nitrogens is 5. The monoisotopic (exact) mass is 443 g/mol. The average Bonchev–Trinajstić information content (AvgIpc) is 3.20. The van der Waals surface area contributed by atoms with Gasteiger partial charge in [0.05, 0.1) is 25.0 Å². The van der Waals surface area contributed by atoms with Crippen LogP contribution in [0.2, 0.25) is 0 Å². The fourth-order valence-electron chi connectivity index (χ4n) is 3.92. The summed E-state index contributed by atoms with van der Waals surface area (Å²) in [5.74, 6) is 0.827. The van der Waals surface area contributed by atoms with Crippen molar-refractivity contribution in [2.45, 2.75) is 25.6 Å². The number of alkyl halides is 3. The molecule has 1 fully saturated rings. The van der Waals surface area contributed by atoms with E-state index in [1.807, 2.05) is 6.92 Å². The van der Waals surface area contributed by atoms with Crippen LogP contribution in [0, 0.1) is 0 Å². The Balaban J connectivity index is 1.54. The Morgan fingerprint density at radius 2 is 2.03 bits per heavy atom. The van der Waals surface area contributed by atoms with Gasteiger partial charge < -0.3 is 15.4 Å². The molecule has 5 rings (SSSR count). The predicted molar refractivity (Wildman–Crippen MR) is 113 cm³/mol. The second-order valence-electron chi connectivity index (χ2n) is 7.60. The highest BCUT2D eigenvalue weighted by molar-refractivity contribution is 5.96. The fourth-order valence-corrected chi connectivity index (χ4v) is 3.92. The first-order valence-electron chi connectivity index (χ1n) is 10.2. The van der Waals surface area contributed by atoms with Crippen molar-refractivity contribution < 1.29 is 17.9 Å². The number of hydrogen-bond donors (Lipinski definition) is 1. The van der Waals surface area contributed by atoms with Crippen molar-refractivity contribution in [1.29, 1.82) is 0 Å². The summed E-state index contributed by atoms with van der Waals surface area (Å²) in [6.45, 7) is 2.11. The number of rotatable bonds is 3. The van der Waals surface area contributed by atoms with Crippen molar-refractivity contribution >= 4 is 27.9 Å². The summed E-state index contributed by atoms with van der Waals surface area (Å²) in [6.07, 6.45) is -0.389. The normalized spacial score (nSPS) is 17.4. The van der Waals surface area contributed by atoms with E-state index in [0.29, 0.717) is 35.1 Å². The number of pyridine rings is 3. The van der Waals surface area contributed by atoms with Crippen LogP contribution in [0.4, 0.5) is 24.7 Å². The zero-order valence-electron chi connectivity index (χ0n) is 17.2. The van der Waals surface area contributed by atoms with Crippen LogP contribution in [0.1, 0.15) is 12.6 Å². The van der Waals surface area contributed by atoms with E-state index in [2.05, 4.69) is 20.1 Å². The first-order chi connectivity index (χ1) is 15.3. The molecule has 0 saturated carbocycles. The van der Waals surface area contributed by atoms with Crippen LogP contribution in [-0.2, 0) is 11.2 Å². The van der Waals surface area contributed by atoms with E-state index in [1.165, 1.54) is 0 Å². The molecule has 0 bridgehead atoms. The van der Waals surface area contributed by atoms with Crippen LogP contribution < -0.4 is 10.6 Å². The molecule has 0 radical (unpaired) electrons. The van der Waals surface area contributed by atoms with E-state index in [1.54, 1.807) is 46.2 Å². The number of nitrogens with zero attached hydrogens (tertiary/aromatic N) is 6. The average molecular weight is 443 g/mol. The molecule has 32 heavy (non-hydrogen) atoms. The molecule has 5 heterocycles. The molecule has 1 saturated heterocycles. The van der Waals surface area contributed by atoms with E-state index in [4.69, 9.17) is 10.5 Å². The van der Waals surface area contributed by atoms with Gasteiger partial charge >= 0.3 is 6.18 Å². The lowest BCUT2D eigenvalue weighted by Crippen LogP contribution is -2.49. The van der Waals surface area contributed by atoms with E-state index in [9.17, 15) is 13.2 Å². The third-order valence-corrected chi connectivity index (χ3v) is 5.56. The molecule has 0 spiro atoms. The molecule has 1 aliphatic rings. The van der Waals surface area contributed by atoms with Gasteiger partial charge in [-0.3, -0.25) is 4.98 Å². The maximum atomic E-state index is 13.1. The van der Waals surface area contributed by atoms with Gasteiger partial charge in [-0.05, 0) is 24.6 Å². The highest BCUT2D eigenvalue weighted by Gasteiger charge is 2.43. The Morgan fingerprint density at radius 1 is 1.19 bits per heavy atom. The van der Waals surface area contributed by atoms with Crippen molar-refractivity contribution in [1.82, 2.24) is 24.6 Å².